The van der Waals surface area contributed by atoms with Gasteiger partial charge < -0.3 is 4.90 Å². The highest BCUT2D eigenvalue weighted by atomic mass is 16.2. The first-order valence-corrected chi connectivity index (χ1v) is 6.27. The first-order valence-electron chi connectivity index (χ1n) is 6.27. The van der Waals surface area contributed by atoms with E-state index in [2.05, 4.69) is 26.0 Å². The molecular weight excluding hydrogens is 210 g/mol. The number of carbonyl (C=O) groups excluding carboxylic acids is 1. The summed E-state index contributed by atoms with van der Waals surface area (Å²) < 4.78 is 0. The van der Waals surface area contributed by atoms with Crippen LogP contribution in [0.5, 0.6) is 0 Å². The second kappa shape index (κ2) is 5.17. The van der Waals surface area contributed by atoms with Gasteiger partial charge >= 0.3 is 0 Å². The average Bonchev–Trinajstić information content (AvgIpc) is 2.71. The molecule has 1 aliphatic rings. The Morgan fingerprint density at radius 1 is 1.29 bits per heavy atom. The molecule has 0 spiro atoms. The molecule has 1 aromatic carbocycles. The zero-order valence-electron chi connectivity index (χ0n) is 10.5. The predicted molar refractivity (Wildman–Crippen MR) is 69.6 cm³/mol. The molecule has 0 bridgehead atoms. The molecule has 1 aliphatic heterocycles. The first-order chi connectivity index (χ1) is 8.22. The van der Waals surface area contributed by atoms with Crippen LogP contribution in [0.1, 0.15) is 38.3 Å². The molecule has 1 amide bonds. The van der Waals surface area contributed by atoms with Crippen LogP contribution in [0, 0.1) is 0 Å². The summed E-state index contributed by atoms with van der Waals surface area (Å²) in [6.45, 7) is 5.04. The van der Waals surface area contributed by atoms with Crippen LogP contribution < -0.4 is 0 Å². The molecule has 1 aromatic rings. The van der Waals surface area contributed by atoms with Crippen LogP contribution in [0.25, 0.3) is 0 Å². The zero-order valence-corrected chi connectivity index (χ0v) is 10.5. The van der Waals surface area contributed by atoms with E-state index in [1.54, 1.807) is 0 Å². The molecule has 0 fully saturated rings. The Kier molecular flexibility index (Phi) is 3.62. The van der Waals surface area contributed by atoms with Gasteiger partial charge in [0, 0.05) is 12.6 Å². The van der Waals surface area contributed by atoms with E-state index in [1.165, 1.54) is 11.1 Å². The van der Waals surface area contributed by atoms with Crippen molar-refractivity contribution in [2.24, 2.45) is 0 Å². The van der Waals surface area contributed by atoms with Gasteiger partial charge in [0.25, 0.3) is 0 Å². The van der Waals surface area contributed by atoms with Gasteiger partial charge in [0.05, 0.1) is 6.04 Å². The van der Waals surface area contributed by atoms with Gasteiger partial charge in [-0.3, -0.25) is 4.79 Å². The highest BCUT2D eigenvalue weighted by Gasteiger charge is 2.25. The molecule has 1 heterocycles. The lowest BCUT2D eigenvalue weighted by atomic mass is 10.1. The predicted octanol–water partition coefficient (Wildman–Crippen LogP) is 3.32. The number of amides is 1. The van der Waals surface area contributed by atoms with Gasteiger partial charge in [0.15, 0.2) is 0 Å². The Balaban J connectivity index is 2.08. The summed E-state index contributed by atoms with van der Waals surface area (Å²) in [7, 11) is 0. The quantitative estimate of drug-likeness (QED) is 0.775. The number of rotatable bonds is 4. The highest BCUT2D eigenvalue weighted by molar-refractivity contribution is 5.91. The maximum absolute atomic E-state index is 11.9. The monoisotopic (exact) mass is 229 g/mol. The molecule has 0 unspecified atom stereocenters. The molecule has 90 valence electrons. The average molecular weight is 229 g/mol. The Morgan fingerprint density at radius 2 is 2.00 bits per heavy atom. The van der Waals surface area contributed by atoms with Crippen molar-refractivity contribution in [1.29, 1.82) is 0 Å². The van der Waals surface area contributed by atoms with Gasteiger partial charge in [-0.2, -0.15) is 0 Å². The minimum Gasteiger partial charge on any atom is -0.328 e. The SMILES string of the molecule is CCCC1=CC(=O)N([C@@H](C)c2ccccc2)C1. The number of carbonyl (C=O) groups is 1. The van der Waals surface area contributed by atoms with Crippen molar-refractivity contribution >= 4 is 5.91 Å². The Morgan fingerprint density at radius 3 is 2.65 bits per heavy atom. The van der Waals surface area contributed by atoms with Crippen molar-refractivity contribution in [3.05, 3.63) is 47.5 Å². The summed E-state index contributed by atoms with van der Waals surface area (Å²) in [5.41, 5.74) is 2.47. The van der Waals surface area contributed by atoms with E-state index in [0.29, 0.717) is 0 Å². The van der Waals surface area contributed by atoms with Crippen LogP contribution in [-0.4, -0.2) is 17.4 Å². The van der Waals surface area contributed by atoms with Crippen molar-refractivity contribution in [3.63, 3.8) is 0 Å². The fraction of sp³-hybridized carbons (Fsp3) is 0.400. The van der Waals surface area contributed by atoms with Gasteiger partial charge in [0.1, 0.15) is 0 Å². The van der Waals surface area contributed by atoms with Gasteiger partial charge in [-0.25, -0.2) is 0 Å². The van der Waals surface area contributed by atoms with Crippen molar-refractivity contribution in [2.75, 3.05) is 6.54 Å². The standard InChI is InChI=1S/C15H19NO/c1-3-7-13-10-15(17)16(11-13)12(2)14-8-5-4-6-9-14/h4-6,8-10,12H,3,7,11H2,1-2H3/t12-/m0/s1. The van der Waals surface area contributed by atoms with Gasteiger partial charge in [-0.05, 0) is 24.5 Å². The molecule has 2 rings (SSSR count). The summed E-state index contributed by atoms with van der Waals surface area (Å²) in [6.07, 6.45) is 3.94. The maximum atomic E-state index is 11.9. The van der Waals surface area contributed by atoms with E-state index in [-0.39, 0.29) is 11.9 Å². The highest BCUT2D eigenvalue weighted by Crippen LogP contribution is 2.26. The Hall–Kier alpha value is -1.57. The number of nitrogens with zero attached hydrogens (tertiary/aromatic N) is 1. The Labute approximate surface area is 103 Å². The van der Waals surface area contributed by atoms with E-state index >= 15 is 0 Å². The third kappa shape index (κ3) is 2.57. The minimum atomic E-state index is 0.157. The van der Waals surface area contributed by atoms with Crippen LogP contribution in [0.3, 0.4) is 0 Å². The van der Waals surface area contributed by atoms with Crippen molar-refractivity contribution in [3.8, 4) is 0 Å². The zero-order chi connectivity index (χ0) is 12.3. The van der Waals surface area contributed by atoms with E-state index < -0.39 is 0 Å². The van der Waals surface area contributed by atoms with Gasteiger partial charge in [-0.1, -0.05) is 43.7 Å². The molecule has 2 heteroatoms. The van der Waals surface area contributed by atoms with Crippen LogP contribution in [0.4, 0.5) is 0 Å². The van der Waals surface area contributed by atoms with E-state index in [1.807, 2.05) is 29.2 Å². The maximum Gasteiger partial charge on any atom is 0.247 e. The third-order valence-electron chi connectivity index (χ3n) is 3.30. The summed E-state index contributed by atoms with van der Waals surface area (Å²) >= 11 is 0. The summed E-state index contributed by atoms with van der Waals surface area (Å²) in [4.78, 5) is 13.9. The smallest absolute Gasteiger partial charge is 0.247 e. The second-order valence-electron chi connectivity index (χ2n) is 4.61. The summed E-state index contributed by atoms with van der Waals surface area (Å²) in [5.74, 6) is 0.157. The van der Waals surface area contributed by atoms with Crippen LogP contribution in [-0.2, 0) is 4.79 Å². The summed E-state index contributed by atoms with van der Waals surface area (Å²) in [5, 5.41) is 0. The van der Waals surface area contributed by atoms with Gasteiger partial charge in [-0.15, -0.1) is 0 Å². The van der Waals surface area contributed by atoms with Crippen molar-refractivity contribution < 1.29 is 4.79 Å². The number of hydrogen-bond donors (Lipinski definition) is 0. The number of benzene rings is 1. The lowest BCUT2D eigenvalue weighted by Crippen LogP contribution is -2.29. The van der Waals surface area contributed by atoms with Crippen LogP contribution in [0.2, 0.25) is 0 Å². The molecule has 1 atom stereocenters. The van der Waals surface area contributed by atoms with Gasteiger partial charge in [0.2, 0.25) is 5.91 Å². The molecule has 0 aromatic heterocycles. The lowest BCUT2D eigenvalue weighted by Gasteiger charge is -2.25. The fourth-order valence-corrected chi connectivity index (χ4v) is 2.31. The molecule has 0 radical (unpaired) electrons. The molecule has 0 N–H and O–H groups in total. The van der Waals surface area contributed by atoms with Crippen molar-refractivity contribution in [2.45, 2.75) is 32.7 Å². The summed E-state index contributed by atoms with van der Waals surface area (Å²) in [6, 6.07) is 10.4. The lowest BCUT2D eigenvalue weighted by molar-refractivity contribution is -0.126. The van der Waals surface area contributed by atoms with E-state index in [9.17, 15) is 4.79 Å². The molecule has 0 aliphatic carbocycles. The molecule has 0 saturated carbocycles. The molecule has 17 heavy (non-hydrogen) atoms. The van der Waals surface area contributed by atoms with Crippen LogP contribution in [0.15, 0.2) is 42.0 Å². The normalized spacial score (nSPS) is 17.2. The van der Waals surface area contributed by atoms with Crippen LogP contribution >= 0.6 is 0 Å². The van der Waals surface area contributed by atoms with Crippen molar-refractivity contribution in [1.82, 2.24) is 4.90 Å². The second-order valence-corrected chi connectivity index (χ2v) is 4.61. The fourth-order valence-electron chi connectivity index (χ4n) is 2.31. The molecule has 2 nitrogen and oxygen atoms in total. The number of hydrogen-bond acceptors (Lipinski definition) is 1. The first kappa shape index (κ1) is 11.9. The molecular formula is C15H19NO. The topological polar surface area (TPSA) is 20.3 Å². The van der Waals surface area contributed by atoms with E-state index in [4.69, 9.17) is 0 Å². The largest absolute Gasteiger partial charge is 0.328 e. The van der Waals surface area contributed by atoms with E-state index in [0.717, 1.165) is 19.4 Å². The Bertz CT molecular complexity index is 422. The third-order valence-corrected chi connectivity index (χ3v) is 3.30. The minimum absolute atomic E-state index is 0.157. The molecule has 0 saturated heterocycles.